The quantitative estimate of drug-likeness (QED) is 0.168. The van der Waals surface area contributed by atoms with Crippen LogP contribution in [0, 0.1) is 0 Å². The smallest absolute Gasteiger partial charge is 0.164 e. The lowest BCUT2D eigenvalue weighted by Crippen LogP contribution is -2.26. The van der Waals surface area contributed by atoms with Crippen LogP contribution in [0.25, 0.3) is 101 Å². The summed E-state index contributed by atoms with van der Waals surface area (Å²) in [7, 11) is 0. The van der Waals surface area contributed by atoms with E-state index in [2.05, 4.69) is 224 Å². The van der Waals surface area contributed by atoms with Crippen LogP contribution in [0.3, 0.4) is 0 Å². The lowest BCUT2D eigenvalue weighted by molar-refractivity contribution is 0.801. The highest BCUT2D eigenvalue weighted by atomic mass is 15.0. The van der Waals surface area contributed by atoms with Gasteiger partial charge in [0, 0.05) is 16.7 Å². The van der Waals surface area contributed by atoms with E-state index >= 15 is 0 Å². The number of fused-ring (bicyclic) bond motifs is 12. The molecule has 0 radical (unpaired) electrons. The first-order valence-electron chi connectivity index (χ1n) is 22.3. The minimum Gasteiger partial charge on any atom is -0.208 e. The molecule has 0 fully saturated rings. The van der Waals surface area contributed by atoms with Crippen molar-refractivity contribution in [2.45, 2.75) is 5.41 Å². The fourth-order valence-electron chi connectivity index (χ4n) is 10.6. The summed E-state index contributed by atoms with van der Waals surface area (Å²) in [5.41, 5.74) is 19.9. The maximum atomic E-state index is 5.17. The number of aromatic nitrogens is 3. The van der Waals surface area contributed by atoms with E-state index in [9.17, 15) is 0 Å². The number of hydrogen-bond acceptors (Lipinski definition) is 3. The highest BCUT2D eigenvalue weighted by molar-refractivity contribution is 6.09. The molecule has 0 aliphatic heterocycles. The number of hydrogen-bond donors (Lipinski definition) is 0. The average Bonchev–Trinajstić information content (AvgIpc) is 3.87. The van der Waals surface area contributed by atoms with Gasteiger partial charge in [0.15, 0.2) is 17.5 Å². The second kappa shape index (κ2) is 14.8. The topological polar surface area (TPSA) is 38.7 Å². The standard InChI is InChI=1S/C62H39N3/c1-3-15-40(16-4-1)42-27-33-45(34-28-42)59-63-60(46-35-29-43(30-36-46)41-17-5-2-6-18-41)65-61(64-59)47-37-31-44(32-38-47)53-39-48-19-7-8-20-49(48)58-57(53)52-23-11-14-26-56(52)62(58)54-24-12-9-21-50(54)51-22-10-13-25-55(51)62/h1-39H. The molecule has 13 rings (SSSR count). The van der Waals surface area contributed by atoms with Crippen molar-refractivity contribution >= 4 is 10.8 Å². The summed E-state index contributed by atoms with van der Waals surface area (Å²) in [6, 6.07) is 85.2. The van der Waals surface area contributed by atoms with Gasteiger partial charge in [-0.15, -0.1) is 0 Å². The summed E-state index contributed by atoms with van der Waals surface area (Å²) in [5, 5.41) is 2.51. The lowest BCUT2D eigenvalue weighted by Gasteiger charge is -2.31. The fraction of sp³-hybridized carbons (Fsp3) is 0.0161. The van der Waals surface area contributed by atoms with Crippen LogP contribution < -0.4 is 0 Å². The first-order chi connectivity index (χ1) is 32.2. The van der Waals surface area contributed by atoms with Crippen LogP contribution in [0.4, 0.5) is 0 Å². The third-order valence-corrected chi connectivity index (χ3v) is 13.6. The van der Waals surface area contributed by atoms with E-state index in [0.29, 0.717) is 17.5 Å². The van der Waals surface area contributed by atoms with Gasteiger partial charge in [0.05, 0.1) is 5.41 Å². The largest absolute Gasteiger partial charge is 0.208 e. The van der Waals surface area contributed by atoms with Crippen molar-refractivity contribution in [2.75, 3.05) is 0 Å². The van der Waals surface area contributed by atoms with E-state index < -0.39 is 5.41 Å². The van der Waals surface area contributed by atoms with Gasteiger partial charge in [-0.25, -0.2) is 15.0 Å². The van der Waals surface area contributed by atoms with Gasteiger partial charge in [-0.3, -0.25) is 0 Å². The highest BCUT2D eigenvalue weighted by Crippen LogP contribution is 2.65. The highest BCUT2D eigenvalue weighted by Gasteiger charge is 2.52. The van der Waals surface area contributed by atoms with Crippen LogP contribution in [0.2, 0.25) is 0 Å². The Morgan fingerprint density at radius 3 is 1.11 bits per heavy atom. The summed E-state index contributed by atoms with van der Waals surface area (Å²) in [6.07, 6.45) is 0. The van der Waals surface area contributed by atoms with Crippen LogP contribution in [0.15, 0.2) is 237 Å². The molecule has 0 saturated heterocycles. The third kappa shape index (κ3) is 5.79. The maximum Gasteiger partial charge on any atom is 0.164 e. The molecule has 0 saturated carbocycles. The molecule has 3 nitrogen and oxygen atoms in total. The van der Waals surface area contributed by atoms with Gasteiger partial charge in [0.25, 0.3) is 0 Å². The van der Waals surface area contributed by atoms with E-state index in [1.54, 1.807) is 0 Å². The van der Waals surface area contributed by atoms with Crippen LogP contribution in [0.1, 0.15) is 22.3 Å². The first kappa shape index (κ1) is 37.1. The molecule has 0 N–H and O–H groups in total. The average molecular weight is 826 g/mol. The maximum absolute atomic E-state index is 5.17. The Balaban J connectivity index is 0.963. The third-order valence-electron chi connectivity index (χ3n) is 13.6. The molecule has 0 amide bonds. The number of nitrogens with zero attached hydrogens (tertiary/aromatic N) is 3. The first-order valence-corrected chi connectivity index (χ1v) is 22.3. The van der Waals surface area contributed by atoms with Gasteiger partial charge < -0.3 is 0 Å². The van der Waals surface area contributed by atoms with Gasteiger partial charge in [-0.2, -0.15) is 0 Å². The molecule has 2 aliphatic rings. The predicted octanol–water partition coefficient (Wildman–Crippen LogP) is 15.4. The SMILES string of the molecule is c1ccc(-c2ccc(-c3nc(-c4ccc(-c5ccccc5)cc4)nc(-c4ccc(-c5cc6ccccc6c6c5-c5ccccc5C65c6ccccc6-c6ccccc65)cc4)n3)cc2)cc1. The van der Waals surface area contributed by atoms with Crippen molar-refractivity contribution < 1.29 is 0 Å². The van der Waals surface area contributed by atoms with Gasteiger partial charge in [0.1, 0.15) is 0 Å². The summed E-state index contributed by atoms with van der Waals surface area (Å²) in [6.45, 7) is 0. The molecule has 0 atom stereocenters. The summed E-state index contributed by atoms with van der Waals surface area (Å²) < 4.78 is 0. The Morgan fingerprint density at radius 1 is 0.262 bits per heavy atom. The van der Waals surface area contributed by atoms with Crippen LogP contribution >= 0.6 is 0 Å². The Morgan fingerprint density at radius 2 is 0.615 bits per heavy atom. The molecule has 0 bridgehead atoms. The predicted molar refractivity (Wildman–Crippen MR) is 266 cm³/mol. The van der Waals surface area contributed by atoms with E-state index in [0.717, 1.165) is 33.4 Å². The van der Waals surface area contributed by atoms with E-state index in [-0.39, 0.29) is 0 Å². The Hall–Kier alpha value is -8.53. The zero-order valence-electron chi connectivity index (χ0n) is 35.4. The molecule has 1 heterocycles. The molecule has 11 aromatic rings. The van der Waals surface area contributed by atoms with Gasteiger partial charge >= 0.3 is 0 Å². The zero-order chi connectivity index (χ0) is 42.9. The zero-order valence-corrected chi connectivity index (χ0v) is 35.4. The van der Waals surface area contributed by atoms with Crippen molar-refractivity contribution in [3.05, 3.63) is 259 Å². The molecule has 0 unspecified atom stereocenters. The normalized spacial score (nSPS) is 12.7. The summed E-state index contributed by atoms with van der Waals surface area (Å²) in [4.78, 5) is 15.4. The molecule has 1 spiro atoms. The molecule has 65 heavy (non-hydrogen) atoms. The molecular formula is C62H39N3. The second-order valence-corrected chi connectivity index (χ2v) is 17.1. The number of benzene rings is 10. The van der Waals surface area contributed by atoms with Crippen molar-refractivity contribution in [1.29, 1.82) is 0 Å². The van der Waals surface area contributed by atoms with Crippen LogP contribution in [0.5, 0.6) is 0 Å². The van der Waals surface area contributed by atoms with Crippen molar-refractivity contribution in [1.82, 2.24) is 15.0 Å². The van der Waals surface area contributed by atoms with E-state index in [1.807, 2.05) is 12.1 Å². The lowest BCUT2D eigenvalue weighted by atomic mass is 9.69. The molecule has 1 aromatic heterocycles. The Bertz CT molecular complexity index is 3470. The van der Waals surface area contributed by atoms with Gasteiger partial charge in [-0.1, -0.05) is 231 Å². The monoisotopic (exact) mass is 825 g/mol. The summed E-state index contributed by atoms with van der Waals surface area (Å²) >= 11 is 0. The van der Waals surface area contributed by atoms with Gasteiger partial charge in [-0.05, 0) is 94.7 Å². The molecule has 2 aliphatic carbocycles. The van der Waals surface area contributed by atoms with Crippen molar-refractivity contribution in [3.8, 4) is 89.8 Å². The molecule has 10 aromatic carbocycles. The van der Waals surface area contributed by atoms with Crippen molar-refractivity contribution in [2.24, 2.45) is 0 Å². The Labute approximate surface area is 378 Å². The molecular weight excluding hydrogens is 787 g/mol. The molecule has 3 heteroatoms. The van der Waals surface area contributed by atoms with Crippen molar-refractivity contribution in [3.63, 3.8) is 0 Å². The van der Waals surface area contributed by atoms with E-state index in [1.165, 1.54) is 72.0 Å². The minimum atomic E-state index is -0.453. The number of rotatable bonds is 6. The minimum absolute atomic E-state index is 0.453. The van der Waals surface area contributed by atoms with Gasteiger partial charge in [0.2, 0.25) is 0 Å². The Kier molecular flexibility index (Phi) is 8.44. The fourth-order valence-corrected chi connectivity index (χ4v) is 10.6. The summed E-state index contributed by atoms with van der Waals surface area (Å²) in [5.74, 6) is 1.89. The molecule has 302 valence electrons. The van der Waals surface area contributed by atoms with Crippen LogP contribution in [-0.2, 0) is 5.41 Å². The van der Waals surface area contributed by atoms with E-state index in [4.69, 9.17) is 15.0 Å². The second-order valence-electron chi connectivity index (χ2n) is 17.1. The van der Waals surface area contributed by atoms with Crippen LogP contribution in [-0.4, -0.2) is 15.0 Å².